The maximum atomic E-state index is 12.2. The Kier molecular flexibility index (Phi) is 4.14. The van der Waals surface area contributed by atoms with Crippen LogP contribution in [-0.4, -0.2) is 32.6 Å². The average Bonchev–Trinajstić information content (AvgIpc) is 3.03. The third-order valence-electron chi connectivity index (χ3n) is 3.17. The molecule has 0 saturated heterocycles. The molecule has 6 nitrogen and oxygen atoms in total. The summed E-state index contributed by atoms with van der Waals surface area (Å²) in [5.41, 5.74) is 0.673. The van der Waals surface area contributed by atoms with Gasteiger partial charge in [-0.15, -0.1) is 5.10 Å². The standard InChI is InChI=1S/C12H17N3O3S/c1-6(2)10-11(19-15-14-10)12(18)13-8(5-9(16)17)7-3-4-7/h6-8H,3-5H2,1-2H3,(H,13,18)(H,16,17). The number of amides is 1. The molecule has 1 aromatic heterocycles. The van der Waals surface area contributed by atoms with Crippen LogP contribution in [0.3, 0.4) is 0 Å². The highest BCUT2D eigenvalue weighted by atomic mass is 32.1. The highest BCUT2D eigenvalue weighted by Crippen LogP contribution is 2.34. The molecule has 0 aromatic carbocycles. The fourth-order valence-electron chi connectivity index (χ4n) is 1.99. The predicted molar refractivity (Wildman–Crippen MR) is 70.2 cm³/mol. The lowest BCUT2D eigenvalue weighted by atomic mass is 10.1. The minimum absolute atomic E-state index is 0.0281. The highest BCUT2D eigenvalue weighted by Gasteiger charge is 2.34. The number of nitrogens with zero attached hydrogens (tertiary/aromatic N) is 2. The van der Waals surface area contributed by atoms with Crippen LogP contribution in [0, 0.1) is 5.92 Å². The maximum absolute atomic E-state index is 12.2. The topological polar surface area (TPSA) is 92.2 Å². The molecule has 104 valence electrons. The predicted octanol–water partition coefficient (Wildman–Crippen LogP) is 1.64. The van der Waals surface area contributed by atoms with E-state index in [9.17, 15) is 9.59 Å². The molecule has 2 rings (SSSR count). The van der Waals surface area contributed by atoms with Crippen LogP contribution in [0.25, 0.3) is 0 Å². The summed E-state index contributed by atoms with van der Waals surface area (Å²) in [6.45, 7) is 3.90. The zero-order valence-corrected chi connectivity index (χ0v) is 11.7. The first-order valence-electron chi connectivity index (χ1n) is 6.34. The number of nitrogens with one attached hydrogen (secondary N) is 1. The molecule has 0 spiro atoms. The van der Waals surface area contributed by atoms with E-state index in [1.807, 2.05) is 13.8 Å². The minimum Gasteiger partial charge on any atom is -0.481 e. The Bertz CT molecular complexity index is 482. The van der Waals surface area contributed by atoms with Crippen molar-refractivity contribution in [2.45, 2.75) is 45.1 Å². The van der Waals surface area contributed by atoms with Gasteiger partial charge in [-0.2, -0.15) is 0 Å². The van der Waals surface area contributed by atoms with Crippen LogP contribution in [0.1, 0.15) is 54.4 Å². The third-order valence-corrected chi connectivity index (χ3v) is 3.91. The van der Waals surface area contributed by atoms with Crippen molar-refractivity contribution in [2.75, 3.05) is 0 Å². The number of hydrogen-bond acceptors (Lipinski definition) is 5. The van der Waals surface area contributed by atoms with E-state index in [-0.39, 0.29) is 24.3 Å². The van der Waals surface area contributed by atoms with Gasteiger partial charge in [0.2, 0.25) is 0 Å². The van der Waals surface area contributed by atoms with E-state index in [0.717, 1.165) is 24.4 Å². The van der Waals surface area contributed by atoms with E-state index in [0.29, 0.717) is 16.5 Å². The van der Waals surface area contributed by atoms with Crippen molar-refractivity contribution >= 4 is 23.4 Å². The van der Waals surface area contributed by atoms with Gasteiger partial charge in [-0.1, -0.05) is 18.3 Å². The molecule has 7 heteroatoms. The van der Waals surface area contributed by atoms with Crippen LogP contribution in [0.15, 0.2) is 0 Å². The minimum atomic E-state index is -0.885. The van der Waals surface area contributed by atoms with Crippen molar-refractivity contribution in [3.63, 3.8) is 0 Å². The molecular weight excluding hydrogens is 266 g/mol. The van der Waals surface area contributed by atoms with E-state index in [1.165, 1.54) is 0 Å². The Hall–Kier alpha value is -1.50. The normalized spacial score (nSPS) is 16.4. The second-order valence-electron chi connectivity index (χ2n) is 5.16. The monoisotopic (exact) mass is 283 g/mol. The lowest BCUT2D eigenvalue weighted by molar-refractivity contribution is -0.137. The Morgan fingerprint density at radius 1 is 1.47 bits per heavy atom. The van der Waals surface area contributed by atoms with Gasteiger partial charge in [0.25, 0.3) is 5.91 Å². The zero-order chi connectivity index (χ0) is 14.0. The lowest BCUT2D eigenvalue weighted by Crippen LogP contribution is -2.38. The van der Waals surface area contributed by atoms with Crippen molar-refractivity contribution in [2.24, 2.45) is 5.92 Å². The Morgan fingerprint density at radius 3 is 2.68 bits per heavy atom. The summed E-state index contributed by atoms with van der Waals surface area (Å²) in [5.74, 6) is -0.720. The summed E-state index contributed by atoms with van der Waals surface area (Å²) in [4.78, 5) is 23.5. The van der Waals surface area contributed by atoms with Gasteiger partial charge in [0.1, 0.15) is 4.88 Å². The average molecular weight is 283 g/mol. The molecule has 19 heavy (non-hydrogen) atoms. The molecule has 2 N–H and O–H groups in total. The van der Waals surface area contributed by atoms with E-state index < -0.39 is 5.97 Å². The number of carboxylic acid groups (broad SMARTS) is 1. The number of aliphatic carboxylic acids is 1. The van der Waals surface area contributed by atoms with Crippen molar-refractivity contribution in [3.05, 3.63) is 10.6 Å². The molecule has 1 saturated carbocycles. The molecule has 1 fully saturated rings. The Labute approximate surface area is 115 Å². The largest absolute Gasteiger partial charge is 0.481 e. The number of carboxylic acids is 1. The van der Waals surface area contributed by atoms with Crippen molar-refractivity contribution in [1.29, 1.82) is 0 Å². The summed E-state index contributed by atoms with van der Waals surface area (Å²) in [5, 5.41) is 15.6. The van der Waals surface area contributed by atoms with E-state index in [1.54, 1.807) is 0 Å². The summed E-state index contributed by atoms with van der Waals surface area (Å²) in [7, 11) is 0. The summed E-state index contributed by atoms with van der Waals surface area (Å²) in [6.07, 6.45) is 1.94. The molecule has 1 heterocycles. The van der Waals surface area contributed by atoms with Crippen LogP contribution < -0.4 is 5.32 Å². The van der Waals surface area contributed by atoms with Gasteiger partial charge in [0.05, 0.1) is 12.1 Å². The van der Waals surface area contributed by atoms with Gasteiger partial charge >= 0.3 is 5.97 Å². The van der Waals surface area contributed by atoms with Crippen molar-refractivity contribution in [1.82, 2.24) is 14.9 Å². The third kappa shape index (κ3) is 3.50. The van der Waals surface area contributed by atoms with Crippen LogP contribution in [0.4, 0.5) is 0 Å². The van der Waals surface area contributed by atoms with Crippen LogP contribution >= 0.6 is 11.5 Å². The van der Waals surface area contributed by atoms with Gasteiger partial charge in [0, 0.05) is 6.04 Å². The van der Waals surface area contributed by atoms with Crippen molar-refractivity contribution in [3.8, 4) is 0 Å². The second kappa shape index (κ2) is 5.64. The van der Waals surface area contributed by atoms with Crippen molar-refractivity contribution < 1.29 is 14.7 Å². The first kappa shape index (κ1) is 13.9. The van der Waals surface area contributed by atoms with Crippen LogP contribution in [0.2, 0.25) is 0 Å². The molecule has 1 aliphatic carbocycles. The number of aromatic nitrogens is 2. The summed E-state index contributed by atoms with van der Waals surface area (Å²) < 4.78 is 3.81. The smallest absolute Gasteiger partial charge is 0.305 e. The SMILES string of the molecule is CC(C)c1nnsc1C(=O)NC(CC(=O)O)C1CC1. The van der Waals surface area contributed by atoms with Gasteiger partial charge in [-0.3, -0.25) is 9.59 Å². The summed E-state index contributed by atoms with van der Waals surface area (Å²) >= 11 is 1.06. The van der Waals surface area contributed by atoms with Crippen LogP contribution in [-0.2, 0) is 4.79 Å². The molecule has 1 unspecified atom stereocenters. The second-order valence-corrected chi connectivity index (χ2v) is 5.91. The molecule has 1 aromatic rings. The molecule has 0 aliphatic heterocycles. The number of carbonyl (C=O) groups excluding carboxylic acids is 1. The van der Waals surface area contributed by atoms with Gasteiger partial charge in [0.15, 0.2) is 0 Å². The fourth-order valence-corrected chi connectivity index (χ4v) is 2.71. The van der Waals surface area contributed by atoms with E-state index >= 15 is 0 Å². The molecular formula is C12H17N3O3S. The summed E-state index contributed by atoms with van der Waals surface area (Å²) in [6, 6.07) is -0.285. The molecule has 1 aliphatic rings. The first-order valence-corrected chi connectivity index (χ1v) is 7.11. The number of rotatable bonds is 6. The zero-order valence-electron chi connectivity index (χ0n) is 10.9. The maximum Gasteiger partial charge on any atom is 0.305 e. The molecule has 1 atom stereocenters. The molecule has 1 amide bonds. The Morgan fingerprint density at radius 2 is 2.16 bits per heavy atom. The molecule has 0 bridgehead atoms. The van der Waals surface area contributed by atoms with E-state index in [2.05, 4.69) is 14.9 Å². The van der Waals surface area contributed by atoms with Crippen LogP contribution in [0.5, 0.6) is 0 Å². The van der Waals surface area contributed by atoms with E-state index in [4.69, 9.17) is 5.11 Å². The lowest BCUT2D eigenvalue weighted by Gasteiger charge is -2.16. The Balaban J connectivity index is 2.06. The van der Waals surface area contributed by atoms with Gasteiger partial charge in [-0.25, -0.2) is 0 Å². The fraction of sp³-hybridized carbons (Fsp3) is 0.667. The highest BCUT2D eigenvalue weighted by molar-refractivity contribution is 7.08. The quantitative estimate of drug-likeness (QED) is 0.828. The number of hydrogen-bond donors (Lipinski definition) is 2. The number of carbonyl (C=O) groups is 2. The van der Waals surface area contributed by atoms with Gasteiger partial charge < -0.3 is 10.4 Å². The first-order chi connectivity index (χ1) is 8.99. The molecule has 0 radical (unpaired) electrons. The van der Waals surface area contributed by atoms with Gasteiger partial charge in [-0.05, 0) is 36.2 Å².